The number of rotatable bonds is 0. The van der Waals surface area contributed by atoms with E-state index in [1.54, 1.807) is 12.8 Å². The van der Waals surface area contributed by atoms with Gasteiger partial charge in [0.1, 0.15) is 0 Å². The molecule has 0 N–H and O–H groups in total. The van der Waals surface area contributed by atoms with E-state index in [0.29, 0.717) is 0 Å². The van der Waals surface area contributed by atoms with Crippen molar-refractivity contribution in [3.63, 3.8) is 0 Å². The Labute approximate surface area is 50.3 Å². The van der Waals surface area contributed by atoms with Crippen LogP contribution in [0.15, 0.2) is 0 Å². The van der Waals surface area contributed by atoms with Crippen molar-refractivity contribution in [2.75, 3.05) is 0 Å². The largest absolute Gasteiger partial charge is 0.0616 e. The summed E-state index contributed by atoms with van der Waals surface area (Å²) in [6, 6.07) is 0. The Hall–Kier alpha value is 0. The van der Waals surface area contributed by atoms with E-state index in [1.165, 1.54) is 5.92 Å². The summed E-state index contributed by atoms with van der Waals surface area (Å²) in [5, 5.41) is 0. The van der Waals surface area contributed by atoms with E-state index in [4.69, 9.17) is 0 Å². The smallest absolute Gasteiger partial charge is 0.0201 e. The third kappa shape index (κ3) is 0.146. The van der Waals surface area contributed by atoms with E-state index >= 15 is 0 Å². The van der Waals surface area contributed by atoms with Crippen LogP contribution in [0.3, 0.4) is 0 Å². The van der Waals surface area contributed by atoms with Gasteiger partial charge in [0.15, 0.2) is 0 Å². The van der Waals surface area contributed by atoms with Crippen LogP contribution < -0.4 is 0 Å². The van der Waals surface area contributed by atoms with Crippen LogP contribution in [0.2, 0.25) is 0 Å². The van der Waals surface area contributed by atoms with Crippen molar-refractivity contribution in [1.29, 1.82) is 0 Å². The normalized spacial score (nSPS) is 69.8. The second-order valence-corrected chi connectivity index (χ2v) is 4.21. The van der Waals surface area contributed by atoms with Gasteiger partial charge in [-0.2, -0.15) is 0 Å². The maximum Gasteiger partial charge on any atom is -0.0201 e. The van der Waals surface area contributed by atoms with Gasteiger partial charge in [0.05, 0.1) is 0 Å². The predicted octanol–water partition coefficient (Wildman–Crippen LogP) is 2.05. The van der Waals surface area contributed by atoms with E-state index in [-0.39, 0.29) is 0 Å². The first-order chi connectivity index (χ1) is 3.73. The van der Waals surface area contributed by atoms with Crippen LogP contribution in [0.1, 0.15) is 26.7 Å². The molecule has 0 radical (unpaired) electrons. The lowest BCUT2D eigenvalue weighted by Gasteiger charge is -2.07. The van der Waals surface area contributed by atoms with Crippen molar-refractivity contribution in [3.05, 3.63) is 0 Å². The van der Waals surface area contributed by atoms with E-state index in [2.05, 4.69) is 13.8 Å². The van der Waals surface area contributed by atoms with E-state index in [9.17, 15) is 0 Å². The van der Waals surface area contributed by atoms with Gasteiger partial charge < -0.3 is 0 Å². The Morgan fingerprint density at radius 2 is 1.88 bits per heavy atom. The third-order valence-corrected chi connectivity index (χ3v) is 4.36. The van der Waals surface area contributed by atoms with Crippen LogP contribution in [0.4, 0.5) is 0 Å². The molecule has 44 valence electrons. The average Bonchev–Trinajstić information content (AvgIpc) is 2.55. The third-order valence-electron chi connectivity index (χ3n) is 4.36. The topological polar surface area (TPSA) is 0 Å². The molecule has 0 aromatic rings. The molecule has 3 unspecified atom stereocenters. The molecule has 3 atom stereocenters. The molecule has 0 amide bonds. The monoisotopic (exact) mass is 108 g/mol. The highest BCUT2D eigenvalue weighted by atomic mass is 15.0. The highest BCUT2D eigenvalue weighted by Gasteiger charge is 2.94. The van der Waals surface area contributed by atoms with Crippen molar-refractivity contribution in [1.82, 2.24) is 0 Å². The van der Waals surface area contributed by atoms with Crippen LogP contribution in [-0.2, 0) is 0 Å². The fourth-order valence-electron chi connectivity index (χ4n) is 3.38. The fraction of sp³-hybridized carbons (Fsp3) is 1.00. The Morgan fingerprint density at radius 1 is 1.38 bits per heavy atom. The predicted molar refractivity (Wildman–Crippen MR) is 32.4 cm³/mol. The van der Waals surface area contributed by atoms with Crippen LogP contribution in [0.25, 0.3) is 0 Å². The zero-order valence-corrected chi connectivity index (χ0v) is 5.57. The minimum Gasteiger partial charge on any atom is -0.0616 e. The van der Waals surface area contributed by atoms with Gasteiger partial charge in [0, 0.05) is 0 Å². The van der Waals surface area contributed by atoms with E-state index in [0.717, 1.165) is 16.7 Å². The summed E-state index contributed by atoms with van der Waals surface area (Å²) in [5.74, 6) is 2.29. The molecular formula is C8H12. The molecule has 3 rings (SSSR count). The Bertz CT molecular complexity index is 167. The van der Waals surface area contributed by atoms with Gasteiger partial charge in [-0.3, -0.25) is 0 Å². The highest BCUT2D eigenvalue weighted by molar-refractivity contribution is 5.41. The molecule has 8 heavy (non-hydrogen) atoms. The highest BCUT2D eigenvalue weighted by Crippen LogP contribution is 2.99. The number of hydrogen-bond donors (Lipinski definition) is 0. The maximum atomic E-state index is 2.48. The summed E-state index contributed by atoms with van der Waals surface area (Å²) in [6.07, 6.45) is 3.14. The van der Waals surface area contributed by atoms with Gasteiger partial charge in [-0.1, -0.05) is 13.8 Å². The van der Waals surface area contributed by atoms with Crippen molar-refractivity contribution in [3.8, 4) is 0 Å². The first kappa shape index (κ1) is 3.92. The lowest BCUT2D eigenvalue weighted by molar-refractivity contribution is 0.401. The van der Waals surface area contributed by atoms with Gasteiger partial charge >= 0.3 is 0 Å². The van der Waals surface area contributed by atoms with E-state index < -0.39 is 0 Å². The Balaban J connectivity index is 2.02. The average molecular weight is 108 g/mol. The number of hydrogen-bond acceptors (Lipinski definition) is 0. The molecule has 1 spiro atoms. The maximum absolute atomic E-state index is 2.48. The van der Waals surface area contributed by atoms with Crippen molar-refractivity contribution in [2.24, 2.45) is 22.7 Å². The lowest BCUT2D eigenvalue weighted by atomic mass is 9.97. The van der Waals surface area contributed by atoms with Crippen LogP contribution in [-0.4, -0.2) is 0 Å². The fourth-order valence-corrected chi connectivity index (χ4v) is 3.38. The minimum absolute atomic E-state index is 0.882. The molecule has 0 aromatic carbocycles. The van der Waals surface area contributed by atoms with Crippen LogP contribution >= 0.6 is 0 Å². The molecule has 0 bridgehead atoms. The molecule has 0 heterocycles. The molecule has 3 aliphatic carbocycles. The summed E-state index contributed by atoms with van der Waals surface area (Å²) < 4.78 is 0. The summed E-state index contributed by atoms with van der Waals surface area (Å²) in [5.41, 5.74) is 1.85. The lowest BCUT2D eigenvalue weighted by Crippen LogP contribution is -2.02. The summed E-state index contributed by atoms with van der Waals surface area (Å²) in [4.78, 5) is 0. The molecular weight excluding hydrogens is 96.1 g/mol. The summed E-state index contributed by atoms with van der Waals surface area (Å²) in [7, 11) is 0. The quantitative estimate of drug-likeness (QED) is 0.445. The Kier molecular flexibility index (Phi) is 0.309. The van der Waals surface area contributed by atoms with Crippen molar-refractivity contribution in [2.45, 2.75) is 26.7 Å². The summed E-state index contributed by atoms with van der Waals surface area (Å²) in [6.45, 7) is 4.89. The zero-order valence-electron chi connectivity index (χ0n) is 5.57. The molecule has 0 heteroatoms. The number of fused-ring (bicyclic) bond motifs is 3. The summed E-state index contributed by atoms with van der Waals surface area (Å²) >= 11 is 0. The molecule has 0 saturated heterocycles. The van der Waals surface area contributed by atoms with Gasteiger partial charge in [-0.25, -0.2) is 0 Å². The van der Waals surface area contributed by atoms with E-state index in [1.807, 2.05) is 0 Å². The van der Waals surface area contributed by atoms with Crippen LogP contribution in [0.5, 0.6) is 0 Å². The zero-order chi connectivity index (χ0) is 5.57. The Morgan fingerprint density at radius 3 is 2.00 bits per heavy atom. The van der Waals surface area contributed by atoms with Crippen LogP contribution in [0, 0.1) is 22.7 Å². The van der Waals surface area contributed by atoms with Gasteiger partial charge in [0.25, 0.3) is 0 Å². The molecule has 0 aliphatic heterocycles. The van der Waals surface area contributed by atoms with Gasteiger partial charge in [-0.15, -0.1) is 0 Å². The first-order valence-electron chi connectivity index (χ1n) is 3.73. The molecule has 3 saturated carbocycles. The second kappa shape index (κ2) is 0.630. The molecule has 0 aromatic heterocycles. The second-order valence-electron chi connectivity index (χ2n) is 4.21. The van der Waals surface area contributed by atoms with Gasteiger partial charge in [0.2, 0.25) is 0 Å². The molecule has 0 nitrogen and oxygen atoms in total. The standard InChI is InChI=1S/C8H12/c1-5-6-7(5,2)8(6)3-4-8/h5-6H,3-4H2,1-2H3. The SMILES string of the molecule is CC1C2C3(CC3)C12C. The first-order valence-corrected chi connectivity index (χ1v) is 3.73. The minimum atomic E-state index is 0.882. The van der Waals surface area contributed by atoms with Crippen molar-refractivity contribution < 1.29 is 0 Å². The van der Waals surface area contributed by atoms with Crippen molar-refractivity contribution >= 4 is 0 Å². The molecule has 3 aliphatic rings. The molecule has 3 fully saturated rings. The van der Waals surface area contributed by atoms with Gasteiger partial charge in [-0.05, 0) is 35.5 Å².